The fourth-order valence-electron chi connectivity index (χ4n) is 2.10. The van der Waals surface area contributed by atoms with Gasteiger partial charge in [0.25, 0.3) is 0 Å². The molecule has 0 fully saturated rings. The van der Waals surface area contributed by atoms with E-state index in [0.29, 0.717) is 15.7 Å². The first kappa shape index (κ1) is 16.1. The second kappa shape index (κ2) is 6.74. The van der Waals surface area contributed by atoms with Gasteiger partial charge in [0, 0.05) is 7.05 Å². The van der Waals surface area contributed by atoms with Gasteiger partial charge in [-0.25, -0.2) is 4.98 Å². The first-order valence-corrected chi connectivity index (χ1v) is 8.42. The highest BCUT2D eigenvalue weighted by molar-refractivity contribution is 7.22. The molecule has 0 bridgehead atoms. The molecular formula is C16H13Cl2N3OS. The maximum absolute atomic E-state index is 12.2. The number of thiazole rings is 1. The van der Waals surface area contributed by atoms with Gasteiger partial charge in [-0.2, -0.15) is 0 Å². The lowest BCUT2D eigenvalue weighted by Crippen LogP contribution is -2.30. The van der Waals surface area contributed by atoms with Crippen molar-refractivity contribution in [3.8, 4) is 0 Å². The zero-order valence-corrected chi connectivity index (χ0v) is 14.5. The molecule has 1 N–H and O–H groups in total. The quantitative estimate of drug-likeness (QED) is 0.729. The summed E-state index contributed by atoms with van der Waals surface area (Å²) in [7, 11) is 1.82. The third-order valence-corrected chi connectivity index (χ3v) is 5.00. The minimum Gasteiger partial charge on any atom is -0.342 e. The van der Waals surface area contributed by atoms with Gasteiger partial charge in [0.05, 0.1) is 32.5 Å². The Labute approximate surface area is 147 Å². The predicted octanol–water partition coefficient (Wildman–Crippen LogP) is 4.68. The van der Waals surface area contributed by atoms with E-state index in [1.807, 2.05) is 31.3 Å². The standard InChI is InChI=1S/C16H13Cl2N3OS/c1-21(16-19-12-7-2-3-8-13(12)23-16)9-14(22)20-15-10(17)5-4-6-11(15)18/h2-8H,9H2,1H3,(H,20,22). The third kappa shape index (κ3) is 3.58. The van der Waals surface area contributed by atoms with Crippen molar-refractivity contribution in [2.24, 2.45) is 0 Å². The summed E-state index contributed by atoms with van der Waals surface area (Å²) in [6.07, 6.45) is 0. The summed E-state index contributed by atoms with van der Waals surface area (Å²) >= 11 is 13.7. The van der Waals surface area contributed by atoms with Crippen molar-refractivity contribution >= 4 is 61.5 Å². The fourth-order valence-corrected chi connectivity index (χ4v) is 3.52. The Morgan fingerprint density at radius 3 is 2.57 bits per heavy atom. The largest absolute Gasteiger partial charge is 0.342 e. The number of benzene rings is 2. The van der Waals surface area contributed by atoms with Crippen LogP contribution in [0.25, 0.3) is 10.2 Å². The lowest BCUT2D eigenvalue weighted by Gasteiger charge is -2.16. The molecule has 1 aromatic heterocycles. The minimum atomic E-state index is -0.207. The molecule has 0 aliphatic carbocycles. The van der Waals surface area contributed by atoms with Crippen molar-refractivity contribution in [1.29, 1.82) is 0 Å². The molecule has 0 radical (unpaired) electrons. The lowest BCUT2D eigenvalue weighted by atomic mass is 10.3. The van der Waals surface area contributed by atoms with E-state index in [4.69, 9.17) is 23.2 Å². The Balaban J connectivity index is 1.72. The third-order valence-electron chi connectivity index (χ3n) is 3.22. The molecule has 3 rings (SSSR count). The Morgan fingerprint density at radius 1 is 1.17 bits per heavy atom. The number of carbonyl (C=O) groups is 1. The molecule has 3 aromatic rings. The first-order valence-electron chi connectivity index (χ1n) is 6.85. The van der Waals surface area contributed by atoms with E-state index in [0.717, 1.165) is 15.3 Å². The average Bonchev–Trinajstić information content (AvgIpc) is 2.95. The molecule has 1 amide bonds. The second-order valence-corrected chi connectivity index (χ2v) is 6.79. The molecule has 0 unspecified atom stereocenters. The lowest BCUT2D eigenvalue weighted by molar-refractivity contribution is -0.114. The number of anilines is 2. The van der Waals surface area contributed by atoms with E-state index < -0.39 is 0 Å². The monoisotopic (exact) mass is 365 g/mol. The molecule has 7 heteroatoms. The number of rotatable bonds is 4. The molecule has 0 atom stereocenters. The molecule has 23 heavy (non-hydrogen) atoms. The number of fused-ring (bicyclic) bond motifs is 1. The van der Waals surface area contributed by atoms with Crippen molar-refractivity contribution in [1.82, 2.24) is 4.98 Å². The number of hydrogen-bond acceptors (Lipinski definition) is 4. The second-order valence-electron chi connectivity index (χ2n) is 4.97. The summed E-state index contributed by atoms with van der Waals surface area (Å²) in [4.78, 5) is 18.5. The summed E-state index contributed by atoms with van der Waals surface area (Å²) in [5.74, 6) is -0.207. The molecule has 0 aliphatic rings. The number of nitrogens with one attached hydrogen (secondary N) is 1. The summed E-state index contributed by atoms with van der Waals surface area (Å²) in [6, 6.07) is 13.0. The Morgan fingerprint density at radius 2 is 1.87 bits per heavy atom. The smallest absolute Gasteiger partial charge is 0.244 e. The maximum Gasteiger partial charge on any atom is 0.244 e. The summed E-state index contributed by atoms with van der Waals surface area (Å²) in [5, 5.41) is 4.35. The van der Waals surface area contributed by atoms with Crippen molar-refractivity contribution in [2.45, 2.75) is 0 Å². The fraction of sp³-hybridized carbons (Fsp3) is 0.125. The van der Waals surface area contributed by atoms with Crippen LogP contribution in [0.3, 0.4) is 0 Å². The number of aromatic nitrogens is 1. The normalized spacial score (nSPS) is 10.7. The number of carbonyl (C=O) groups excluding carboxylic acids is 1. The van der Waals surface area contributed by atoms with Crippen LogP contribution in [0.15, 0.2) is 42.5 Å². The van der Waals surface area contributed by atoms with Crippen LogP contribution in [0.2, 0.25) is 10.0 Å². The highest BCUT2D eigenvalue weighted by Crippen LogP contribution is 2.30. The van der Waals surface area contributed by atoms with E-state index >= 15 is 0 Å². The number of nitrogens with zero attached hydrogens (tertiary/aromatic N) is 2. The van der Waals surface area contributed by atoms with Crippen LogP contribution < -0.4 is 10.2 Å². The number of likely N-dealkylation sites (N-methyl/N-ethyl adjacent to an activating group) is 1. The van der Waals surface area contributed by atoms with Crippen LogP contribution in [-0.2, 0) is 4.79 Å². The summed E-state index contributed by atoms with van der Waals surface area (Å²) in [5.41, 5.74) is 1.35. The molecule has 118 valence electrons. The molecule has 2 aromatic carbocycles. The van der Waals surface area contributed by atoms with Gasteiger partial charge in [0.2, 0.25) is 5.91 Å². The molecule has 0 saturated heterocycles. The van der Waals surface area contributed by atoms with Crippen molar-refractivity contribution in [3.63, 3.8) is 0 Å². The van der Waals surface area contributed by atoms with Gasteiger partial charge in [-0.05, 0) is 24.3 Å². The maximum atomic E-state index is 12.2. The summed E-state index contributed by atoms with van der Waals surface area (Å²) in [6.45, 7) is 0.154. The first-order chi connectivity index (χ1) is 11.0. The van der Waals surface area contributed by atoms with Gasteiger partial charge >= 0.3 is 0 Å². The highest BCUT2D eigenvalue weighted by Gasteiger charge is 2.14. The van der Waals surface area contributed by atoms with Crippen molar-refractivity contribution < 1.29 is 4.79 Å². The highest BCUT2D eigenvalue weighted by atomic mass is 35.5. The van der Waals surface area contributed by atoms with E-state index in [1.165, 1.54) is 0 Å². The zero-order valence-electron chi connectivity index (χ0n) is 12.2. The SMILES string of the molecule is CN(CC(=O)Nc1c(Cl)cccc1Cl)c1nc2ccccc2s1. The average molecular weight is 366 g/mol. The molecular weight excluding hydrogens is 353 g/mol. The summed E-state index contributed by atoms with van der Waals surface area (Å²) < 4.78 is 1.09. The van der Waals surface area contributed by atoms with Crippen LogP contribution >= 0.6 is 34.5 Å². The van der Waals surface area contributed by atoms with Gasteiger partial charge in [-0.1, -0.05) is 52.7 Å². The number of amides is 1. The van der Waals surface area contributed by atoms with E-state index in [9.17, 15) is 4.79 Å². The molecule has 0 saturated carbocycles. The van der Waals surface area contributed by atoms with Crippen LogP contribution in [0, 0.1) is 0 Å². The van der Waals surface area contributed by atoms with Crippen molar-refractivity contribution in [2.75, 3.05) is 23.8 Å². The van der Waals surface area contributed by atoms with E-state index in [2.05, 4.69) is 10.3 Å². The molecule has 0 aliphatic heterocycles. The van der Waals surface area contributed by atoms with Gasteiger partial charge in [-0.3, -0.25) is 4.79 Å². The number of para-hydroxylation sites is 2. The van der Waals surface area contributed by atoms with Crippen LogP contribution in [0.4, 0.5) is 10.8 Å². The van der Waals surface area contributed by atoms with Crippen LogP contribution in [0.5, 0.6) is 0 Å². The Kier molecular flexibility index (Phi) is 4.71. The minimum absolute atomic E-state index is 0.154. The molecule has 0 spiro atoms. The topological polar surface area (TPSA) is 45.2 Å². The predicted molar refractivity (Wildman–Crippen MR) is 98.0 cm³/mol. The number of hydrogen-bond donors (Lipinski definition) is 1. The van der Waals surface area contributed by atoms with Crippen molar-refractivity contribution in [3.05, 3.63) is 52.5 Å². The molecule has 4 nitrogen and oxygen atoms in total. The van der Waals surface area contributed by atoms with Gasteiger partial charge in [0.1, 0.15) is 0 Å². The van der Waals surface area contributed by atoms with Gasteiger partial charge in [0.15, 0.2) is 5.13 Å². The van der Waals surface area contributed by atoms with E-state index in [-0.39, 0.29) is 12.5 Å². The molecule has 1 heterocycles. The van der Waals surface area contributed by atoms with Gasteiger partial charge in [-0.15, -0.1) is 0 Å². The number of halogens is 2. The van der Waals surface area contributed by atoms with E-state index in [1.54, 1.807) is 34.4 Å². The Bertz CT molecular complexity index is 812. The zero-order chi connectivity index (χ0) is 16.4. The van der Waals surface area contributed by atoms with Crippen LogP contribution in [-0.4, -0.2) is 24.5 Å². The van der Waals surface area contributed by atoms with Crippen LogP contribution in [0.1, 0.15) is 0 Å². The van der Waals surface area contributed by atoms with Gasteiger partial charge < -0.3 is 10.2 Å². The Hall–Kier alpha value is -1.82.